The number of nitrogens with zero attached hydrogens (tertiary/aromatic N) is 1. The summed E-state index contributed by atoms with van der Waals surface area (Å²) in [6.07, 6.45) is -3.35. The Bertz CT molecular complexity index is 725. The van der Waals surface area contributed by atoms with Gasteiger partial charge in [-0.2, -0.15) is 13.2 Å². The van der Waals surface area contributed by atoms with Crippen molar-refractivity contribution in [2.24, 2.45) is 11.7 Å². The van der Waals surface area contributed by atoms with Crippen LogP contribution in [0.2, 0.25) is 0 Å². The van der Waals surface area contributed by atoms with Gasteiger partial charge in [0.15, 0.2) is 6.04 Å². The van der Waals surface area contributed by atoms with E-state index in [9.17, 15) is 27.6 Å². The summed E-state index contributed by atoms with van der Waals surface area (Å²) in [5.74, 6) is -1.41. The molecule has 2 aliphatic heterocycles. The highest BCUT2D eigenvalue weighted by Gasteiger charge is 2.47. The van der Waals surface area contributed by atoms with Crippen molar-refractivity contribution < 1.29 is 32.5 Å². The van der Waals surface area contributed by atoms with Gasteiger partial charge in [-0.25, -0.2) is 4.90 Å². The molecule has 3 rings (SSSR count). The summed E-state index contributed by atoms with van der Waals surface area (Å²) >= 11 is 0. The van der Waals surface area contributed by atoms with Gasteiger partial charge in [0.05, 0.1) is 30.8 Å². The van der Waals surface area contributed by atoms with Gasteiger partial charge in [0.2, 0.25) is 11.8 Å². The molecule has 0 radical (unpaired) electrons. The fraction of sp³-hybridized carbons (Fsp3) is 0.471. The van der Waals surface area contributed by atoms with Crippen LogP contribution in [0.25, 0.3) is 0 Å². The Morgan fingerprint density at radius 1 is 1.12 bits per heavy atom. The quantitative estimate of drug-likeness (QED) is 0.741. The fourth-order valence-corrected chi connectivity index (χ4v) is 3.64. The lowest BCUT2D eigenvalue weighted by molar-refractivity contribution is -0.920. The third-order valence-corrected chi connectivity index (χ3v) is 5.12. The molecule has 0 unspecified atom stereocenters. The molecule has 2 heterocycles. The number of likely N-dealkylation sites (tertiary alicyclic amines) is 1. The molecule has 1 aromatic carbocycles. The number of carbonyl (C=O) groups excluding carboxylic acids is 3. The van der Waals surface area contributed by atoms with Gasteiger partial charge in [0.1, 0.15) is 0 Å². The molecular formula is C17H19F3N3O3+. The number of imide groups is 1. The van der Waals surface area contributed by atoms with Crippen LogP contribution in [0.15, 0.2) is 24.3 Å². The van der Waals surface area contributed by atoms with Crippen molar-refractivity contribution in [2.75, 3.05) is 18.0 Å². The molecule has 26 heavy (non-hydrogen) atoms. The lowest BCUT2D eigenvalue weighted by Gasteiger charge is -2.30. The first-order valence-electron chi connectivity index (χ1n) is 8.36. The van der Waals surface area contributed by atoms with E-state index >= 15 is 0 Å². The molecular weight excluding hydrogens is 351 g/mol. The Labute approximate surface area is 147 Å². The highest BCUT2D eigenvalue weighted by atomic mass is 19.4. The molecule has 140 valence electrons. The van der Waals surface area contributed by atoms with Gasteiger partial charge >= 0.3 is 6.18 Å². The van der Waals surface area contributed by atoms with Crippen LogP contribution >= 0.6 is 0 Å². The van der Waals surface area contributed by atoms with Crippen LogP contribution in [-0.2, 0) is 20.6 Å². The van der Waals surface area contributed by atoms with Gasteiger partial charge in [-0.1, -0.05) is 0 Å². The summed E-state index contributed by atoms with van der Waals surface area (Å²) in [6, 6.07) is 3.41. The number of hydrogen-bond acceptors (Lipinski definition) is 3. The number of nitrogens with two attached hydrogens (primary N) is 1. The second kappa shape index (κ2) is 6.71. The van der Waals surface area contributed by atoms with Crippen LogP contribution in [0.3, 0.4) is 0 Å². The molecule has 3 N–H and O–H groups in total. The largest absolute Gasteiger partial charge is 0.416 e. The van der Waals surface area contributed by atoms with E-state index in [1.807, 2.05) is 0 Å². The molecule has 1 aromatic rings. The highest BCUT2D eigenvalue weighted by Crippen LogP contribution is 2.31. The summed E-state index contributed by atoms with van der Waals surface area (Å²) < 4.78 is 38.0. The Morgan fingerprint density at radius 3 is 2.19 bits per heavy atom. The molecule has 2 fully saturated rings. The predicted octanol–water partition coefficient (Wildman–Crippen LogP) is 0.118. The first-order chi connectivity index (χ1) is 12.2. The molecule has 0 spiro atoms. The number of rotatable bonds is 3. The fourth-order valence-electron chi connectivity index (χ4n) is 3.64. The summed E-state index contributed by atoms with van der Waals surface area (Å²) in [6.45, 7) is 1.11. The first-order valence-corrected chi connectivity index (χ1v) is 8.36. The van der Waals surface area contributed by atoms with Gasteiger partial charge in [-0.3, -0.25) is 14.4 Å². The standard InChI is InChI=1S/C17H18F3N3O3/c18-17(19,20)11-1-3-12(4-2-11)23-14(24)9-13(16(23)26)22-7-5-10(6-8-22)15(21)25/h1-4,10,13H,5-9H2,(H2,21,25)/p+1/t13-/m0/s1. The number of halogens is 3. The van der Waals surface area contributed by atoms with Crippen LogP contribution < -0.4 is 15.5 Å². The zero-order chi connectivity index (χ0) is 19.1. The van der Waals surface area contributed by atoms with E-state index in [0.29, 0.717) is 25.9 Å². The van der Waals surface area contributed by atoms with Crippen molar-refractivity contribution in [1.82, 2.24) is 0 Å². The highest BCUT2D eigenvalue weighted by molar-refractivity contribution is 6.21. The van der Waals surface area contributed by atoms with Gasteiger partial charge in [-0.05, 0) is 24.3 Å². The van der Waals surface area contributed by atoms with Crippen molar-refractivity contribution in [3.8, 4) is 0 Å². The molecule has 9 heteroatoms. The molecule has 2 saturated heterocycles. The molecule has 6 nitrogen and oxygen atoms in total. The maximum absolute atomic E-state index is 12.7. The normalized spacial score (nSPS) is 27.0. The average molecular weight is 370 g/mol. The van der Waals surface area contributed by atoms with Gasteiger partial charge in [0.25, 0.3) is 5.91 Å². The van der Waals surface area contributed by atoms with Crippen molar-refractivity contribution >= 4 is 23.4 Å². The number of alkyl halides is 3. The van der Waals surface area contributed by atoms with Gasteiger partial charge < -0.3 is 10.6 Å². The maximum Gasteiger partial charge on any atom is 0.416 e. The Kier molecular flexibility index (Phi) is 4.74. The van der Waals surface area contributed by atoms with Crippen molar-refractivity contribution in [2.45, 2.75) is 31.5 Å². The number of nitrogens with one attached hydrogen (secondary N) is 1. The summed E-state index contributed by atoms with van der Waals surface area (Å²) in [5, 5.41) is 0. The minimum Gasteiger partial charge on any atom is -0.369 e. The summed E-state index contributed by atoms with van der Waals surface area (Å²) in [5.41, 5.74) is 4.60. The van der Waals surface area contributed by atoms with Gasteiger partial charge in [0, 0.05) is 18.8 Å². The van der Waals surface area contributed by atoms with E-state index in [2.05, 4.69) is 0 Å². The minimum absolute atomic E-state index is 0.0103. The van der Waals surface area contributed by atoms with Crippen molar-refractivity contribution in [3.05, 3.63) is 29.8 Å². The number of piperidine rings is 1. The van der Waals surface area contributed by atoms with Crippen molar-refractivity contribution in [1.29, 1.82) is 0 Å². The minimum atomic E-state index is -4.48. The molecule has 0 bridgehead atoms. The third kappa shape index (κ3) is 3.44. The topological polar surface area (TPSA) is 84.9 Å². The second-order valence-corrected chi connectivity index (χ2v) is 6.70. The molecule has 2 aliphatic rings. The number of anilines is 1. The number of benzene rings is 1. The average Bonchev–Trinajstić information content (AvgIpc) is 2.89. The Hall–Kier alpha value is -2.42. The van der Waals surface area contributed by atoms with Crippen LogP contribution in [0.1, 0.15) is 24.8 Å². The zero-order valence-corrected chi connectivity index (χ0v) is 13.9. The van der Waals surface area contributed by atoms with Crippen LogP contribution in [0.4, 0.5) is 18.9 Å². The van der Waals surface area contributed by atoms with Gasteiger partial charge in [-0.15, -0.1) is 0 Å². The SMILES string of the molecule is NC(=O)C1CC[NH+]([C@H]2CC(=O)N(c3ccc(C(F)(F)F)cc3)C2=O)CC1. The summed E-state index contributed by atoms with van der Waals surface area (Å²) in [7, 11) is 0. The zero-order valence-electron chi connectivity index (χ0n) is 13.9. The van der Waals surface area contributed by atoms with E-state index in [1.165, 1.54) is 0 Å². The van der Waals surface area contributed by atoms with Crippen molar-refractivity contribution in [3.63, 3.8) is 0 Å². The van der Waals surface area contributed by atoms with Crippen LogP contribution in [0.5, 0.6) is 0 Å². The lowest BCUT2D eigenvalue weighted by Crippen LogP contribution is -3.17. The first kappa shape index (κ1) is 18.4. The Balaban J connectivity index is 1.72. The smallest absolute Gasteiger partial charge is 0.369 e. The van der Waals surface area contributed by atoms with E-state index < -0.39 is 29.6 Å². The number of primary amides is 1. The van der Waals surface area contributed by atoms with E-state index in [-0.39, 0.29) is 23.9 Å². The summed E-state index contributed by atoms with van der Waals surface area (Å²) in [4.78, 5) is 38.1. The Morgan fingerprint density at radius 2 is 1.69 bits per heavy atom. The second-order valence-electron chi connectivity index (χ2n) is 6.70. The number of amides is 3. The monoisotopic (exact) mass is 370 g/mol. The predicted molar refractivity (Wildman–Crippen MR) is 85.0 cm³/mol. The van der Waals surface area contributed by atoms with E-state index in [4.69, 9.17) is 5.73 Å². The number of hydrogen-bond donors (Lipinski definition) is 2. The van der Waals surface area contributed by atoms with E-state index in [0.717, 1.165) is 34.1 Å². The molecule has 0 aliphatic carbocycles. The third-order valence-electron chi connectivity index (χ3n) is 5.12. The molecule has 0 aromatic heterocycles. The number of quaternary nitrogens is 1. The van der Waals surface area contributed by atoms with Crippen LogP contribution in [-0.4, -0.2) is 36.9 Å². The number of carbonyl (C=O) groups is 3. The molecule has 0 saturated carbocycles. The van der Waals surface area contributed by atoms with E-state index in [1.54, 1.807) is 0 Å². The van der Waals surface area contributed by atoms with Crippen LogP contribution in [0, 0.1) is 5.92 Å². The molecule has 3 amide bonds. The lowest BCUT2D eigenvalue weighted by atomic mass is 9.95. The molecule has 1 atom stereocenters. The maximum atomic E-state index is 12.7.